The number of sulfonamides is 1. The van der Waals surface area contributed by atoms with E-state index in [2.05, 4.69) is 5.32 Å². The van der Waals surface area contributed by atoms with Crippen molar-refractivity contribution < 1.29 is 17.9 Å². The summed E-state index contributed by atoms with van der Waals surface area (Å²) in [5, 5.41) is 2.79. The highest BCUT2D eigenvalue weighted by molar-refractivity contribution is 7.89. The van der Waals surface area contributed by atoms with Crippen LogP contribution in [0, 0.1) is 0 Å². The van der Waals surface area contributed by atoms with Gasteiger partial charge >= 0.3 is 0 Å². The molecule has 3 aromatic rings. The standard InChI is InChI=1S/C23H24N2O4S/c1-25(2)30(27,28)20-14-12-19(13-15-20)24-23(26)21-10-6-7-11-22(21)29-17-16-18-8-4-3-5-9-18/h3-15H,16-17H2,1-2H3,(H,24,26). The second-order valence-corrected chi connectivity index (χ2v) is 9.00. The van der Waals surface area contributed by atoms with Crippen LogP contribution in [0.25, 0.3) is 0 Å². The lowest BCUT2D eigenvalue weighted by atomic mass is 10.1. The molecule has 0 heterocycles. The van der Waals surface area contributed by atoms with Gasteiger partial charge in [0, 0.05) is 26.2 Å². The third kappa shape index (κ3) is 5.25. The van der Waals surface area contributed by atoms with Crippen molar-refractivity contribution in [1.29, 1.82) is 0 Å². The first kappa shape index (κ1) is 21.5. The van der Waals surface area contributed by atoms with E-state index in [4.69, 9.17) is 4.74 Å². The van der Waals surface area contributed by atoms with Crippen molar-refractivity contribution in [3.05, 3.63) is 90.0 Å². The summed E-state index contributed by atoms with van der Waals surface area (Å²) in [6, 6.07) is 23.1. The molecule has 30 heavy (non-hydrogen) atoms. The fraction of sp³-hybridized carbons (Fsp3) is 0.174. The zero-order valence-corrected chi connectivity index (χ0v) is 17.7. The summed E-state index contributed by atoms with van der Waals surface area (Å²) < 4.78 is 31.3. The van der Waals surface area contributed by atoms with Crippen LogP contribution in [0.1, 0.15) is 15.9 Å². The van der Waals surface area contributed by atoms with Gasteiger partial charge in [-0.25, -0.2) is 12.7 Å². The molecule has 0 saturated carbocycles. The molecule has 0 fully saturated rings. The summed E-state index contributed by atoms with van der Waals surface area (Å²) >= 11 is 0. The highest BCUT2D eigenvalue weighted by Gasteiger charge is 2.17. The number of carbonyl (C=O) groups is 1. The van der Waals surface area contributed by atoms with E-state index in [-0.39, 0.29) is 10.8 Å². The van der Waals surface area contributed by atoms with Gasteiger partial charge in [0.2, 0.25) is 10.0 Å². The minimum absolute atomic E-state index is 0.162. The van der Waals surface area contributed by atoms with Crippen molar-refractivity contribution in [1.82, 2.24) is 4.31 Å². The topological polar surface area (TPSA) is 75.7 Å². The largest absolute Gasteiger partial charge is 0.492 e. The minimum atomic E-state index is -3.51. The smallest absolute Gasteiger partial charge is 0.259 e. The summed E-state index contributed by atoms with van der Waals surface area (Å²) in [7, 11) is -0.570. The van der Waals surface area contributed by atoms with Gasteiger partial charge in [0.05, 0.1) is 17.1 Å². The van der Waals surface area contributed by atoms with Crippen molar-refractivity contribution in [3.63, 3.8) is 0 Å². The first-order valence-electron chi connectivity index (χ1n) is 9.47. The molecule has 1 amide bonds. The van der Waals surface area contributed by atoms with E-state index in [9.17, 15) is 13.2 Å². The average Bonchev–Trinajstić information content (AvgIpc) is 2.75. The maximum Gasteiger partial charge on any atom is 0.259 e. The van der Waals surface area contributed by atoms with E-state index >= 15 is 0 Å². The normalized spacial score (nSPS) is 11.3. The van der Waals surface area contributed by atoms with Gasteiger partial charge in [0.25, 0.3) is 5.91 Å². The van der Waals surface area contributed by atoms with E-state index in [0.717, 1.165) is 16.3 Å². The Hall–Kier alpha value is -3.16. The molecular formula is C23H24N2O4S. The van der Waals surface area contributed by atoms with E-state index in [1.54, 1.807) is 30.3 Å². The zero-order chi connectivity index (χ0) is 21.6. The molecule has 0 aliphatic rings. The van der Waals surface area contributed by atoms with Gasteiger partial charge in [0.15, 0.2) is 0 Å². The third-order valence-electron chi connectivity index (χ3n) is 4.51. The molecule has 3 rings (SSSR count). The zero-order valence-electron chi connectivity index (χ0n) is 16.9. The van der Waals surface area contributed by atoms with Crippen molar-refractivity contribution in [2.45, 2.75) is 11.3 Å². The summed E-state index contributed by atoms with van der Waals surface area (Å²) in [5.41, 5.74) is 2.07. The summed E-state index contributed by atoms with van der Waals surface area (Å²) in [6.45, 7) is 0.450. The van der Waals surface area contributed by atoms with Crippen molar-refractivity contribution in [2.24, 2.45) is 0 Å². The molecule has 0 saturated heterocycles. The summed E-state index contributed by atoms with van der Waals surface area (Å²) in [5.74, 6) is 0.172. The van der Waals surface area contributed by atoms with Gasteiger partial charge in [-0.15, -0.1) is 0 Å². The Bertz CT molecular complexity index is 1100. The lowest BCUT2D eigenvalue weighted by molar-refractivity contribution is 0.102. The van der Waals surface area contributed by atoms with Crippen LogP contribution in [0.3, 0.4) is 0 Å². The van der Waals surface area contributed by atoms with E-state index in [1.807, 2.05) is 36.4 Å². The molecule has 156 valence electrons. The molecule has 6 nitrogen and oxygen atoms in total. The fourth-order valence-corrected chi connectivity index (χ4v) is 3.72. The van der Waals surface area contributed by atoms with Gasteiger partial charge in [-0.3, -0.25) is 4.79 Å². The predicted octanol–water partition coefficient (Wildman–Crippen LogP) is 3.81. The van der Waals surface area contributed by atoms with Crippen molar-refractivity contribution in [2.75, 3.05) is 26.0 Å². The van der Waals surface area contributed by atoms with Crippen LogP contribution in [0.4, 0.5) is 5.69 Å². The number of rotatable bonds is 8. The van der Waals surface area contributed by atoms with Crippen LogP contribution < -0.4 is 10.1 Å². The average molecular weight is 425 g/mol. The van der Waals surface area contributed by atoms with Gasteiger partial charge in [-0.1, -0.05) is 42.5 Å². The molecule has 0 aromatic heterocycles. The number of amides is 1. The Kier molecular flexibility index (Phi) is 6.87. The number of hydrogen-bond donors (Lipinski definition) is 1. The maximum atomic E-state index is 12.7. The lowest BCUT2D eigenvalue weighted by Gasteiger charge is -2.13. The second kappa shape index (κ2) is 9.56. The Balaban J connectivity index is 1.67. The Labute approximate surface area is 177 Å². The predicted molar refractivity (Wildman–Crippen MR) is 117 cm³/mol. The first-order chi connectivity index (χ1) is 14.4. The van der Waals surface area contributed by atoms with Gasteiger partial charge in [-0.2, -0.15) is 0 Å². The molecule has 0 bridgehead atoms. The highest BCUT2D eigenvalue weighted by Crippen LogP contribution is 2.21. The van der Waals surface area contributed by atoms with E-state index in [0.29, 0.717) is 23.6 Å². The number of benzene rings is 3. The molecule has 3 aromatic carbocycles. The van der Waals surface area contributed by atoms with Crippen LogP contribution in [0.15, 0.2) is 83.8 Å². The van der Waals surface area contributed by atoms with Crippen molar-refractivity contribution in [3.8, 4) is 5.75 Å². The van der Waals surface area contributed by atoms with Gasteiger partial charge in [0.1, 0.15) is 5.75 Å². The SMILES string of the molecule is CN(C)S(=O)(=O)c1ccc(NC(=O)c2ccccc2OCCc2ccccc2)cc1. The van der Waals surface area contributed by atoms with Crippen LogP contribution in [-0.4, -0.2) is 39.3 Å². The molecule has 7 heteroatoms. The number of anilines is 1. The Morgan fingerprint density at radius 3 is 2.20 bits per heavy atom. The monoisotopic (exact) mass is 424 g/mol. The van der Waals surface area contributed by atoms with Crippen LogP contribution in [0.2, 0.25) is 0 Å². The Morgan fingerprint density at radius 2 is 1.53 bits per heavy atom. The van der Waals surface area contributed by atoms with Crippen molar-refractivity contribution >= 4 is 21.6 Å². The summed E-state index contributed by atoms with van der Waals surface area (Å²) in [4.78, 5) is 12.9. The molecule has 0 aliphatic heterocycles. The minimum Gasteiger partial charge on any atom is -0.492 e. The molecule has 0 unspecified atom stereocenters. The quantitative estimate of drug-likeness (QED) is 0.597. The molecule has 1 N–H and O–H groups in total. The highest BCUT2D eigenvalue weighted by atomic mass is 32.2. The molecule has 0 radical (unpaired) electrons. The number of para-hydroxylation sites is 1. The fourth-order valence-electron chi connectivity index (χ4n) is 2.82. The second-order valence-electron chi connectivity index (χ2n) is 6.85. The van der Waals surface area contributed by atoms with Gasteiger partial charge < -0.3 is 10.1 Å². The van der Waals surface area contributed by atoms with Crippen LogP contribution >= 0.6 is 0 Å². The third-order valence-corrected chi connectivity index (χ3v) is 6.34. The lowest BCUT2D eigenvalue weighted by Crippen LogP contribution is -2.22. The van der Waals surface area contributed by atoms with Crippen LogP contribution in [0.5, 0.6) is 5.75 Å². The number of nitrogens with one attached hydrogen (secondary N) is 1. The van der Waals surface area contributed by atoms with E-state index in [1.165, 1.54) is 26.2 Å². The molecular weight excluding hydrogens is 400 g/mol. The van der Waals surface area contributed by atoms with Gasteiger partial charge in [-0.05, 0) is 42.0 Å². The molecule has 0 aliphatic carbocycles. The number of nitrogens with zero attached hydrogens (tertiary/aromatic N) is 1. The number of ether oxygens (including phenoxy) is 1. The Morgan fingerprint density at radius 1 is 0.900 bits per heavy atom. The molecule has 0 atom stereocenters. The van der Waals surface area contributed by atoms with E-state index < -0.39 is 10.0 Å². The number of carbonyl (C=O) groups excluding carboxylic acids is 1. The molecule has 0 spiro atoms. The van der Waals surface area contributed by atoms with Crippen LogP contribution in [-0.2, 0) is 16.4 Å². The maximum absolute atomic E-state index is 12.7. The first-order valence-corrected chi connectivity index (χ1v) is 10.9. The number of hydrogen-bond acceptors (Lipinski definition) is 4. The summed E-state index contributed by atoms with van der Waals surface area (Å²) in [6.07, 6.45) is 0.735.